The highest BCUT2D eigenvalue weighted by Gasteiger charge is 2.18. The van der Waals surface area contributed by atoms with Gasteiger partial charge in [-0.3, -0.25) is 0 Å². The van der Waals surface area contributed by atoms with Crippen molar-refractivity contribution < 1.29 is 14.7 Å². The first-order valence-corrected chi connectivity index (χ1v) is 7.36. The molecule has 0 aliphatic carbocycles. The van der Waals surface area contributed by atoms with Crippen molar-refractivity contribution in [1.29, 1.82) is 0 Å². The van der Waals surface area contributed by atoms with Gasteiger partial charge in [0.2, 0.25) is 0 Å². The second-order valence-corrected chi connectivity index (χ2v) is 5.80. The zero-order chi connectivity index (χ0) is 13.7. The van der Waals surface area contributed by atoms with Crippen LogP contribution in [0.25, 0.3) is 0 Å². The second kappa shape index (κ2) is 6.92. The number of piperidine rings is 1. The molecule has 0 bridgehead atoms. The Morgan fingerprint density at radius 2 is 1.74 bits per heavy atom. The van der Waals surface area contributed by atoms with E-state index >= 15 is 0 Å². The molecule has 2 rings (SSSR count). The van der Waals surface area contributed by atoms with Gasteiger partial charge in [0.15, 0.2) is 0 Å². The lowest BCUT2D eigenvalue weighted by atomic mass is 10.1. The van der Waals surface area contributed by atoms with Gasteiger partial charge in [0.25, 0.3) is 0 Å². The molecule has 0 amide bonds. The summed E-state index contributed by atoms with van der Waals surface area (Å²) in [6.07, 6.45) is 3.56. The summed E-state index contributed by atoms with van der Waals surface area (Å²) in [5.41, 5.74) is 2.40. The normalized spacial score (nSPS) is 18.3. The molecule has 1 aromatic carbocycles. The fourth-order valence-corrected chi connectivity index (χ4v) is 2.86. The zero-order valence-corrected chi connectivity index (χ0v) is 12.1. The summed E-state index contributed by atoms with van der Waals surface area (Å²) in [6, 6.07) is 6.17. The van der Waals surface area contributed by atoms with Crippen LogP contribution in [-0.4, -0.2) is 37.5 Å². The molecule has 0 aromatic heterocycles. The van der Waals surface area contributed by atoms with E-state index in [9.17, 15) is 5.11 Å². The van der Waals surface area contributed by atoms with Gasteiger partial charge in [0.1, 0.15) is 25.0 Å². The number of benzene rings is 1. The van der Waals surface area contributed by atoms with E-state index in [0.29, 0.717) is 6.61 Å². The van der Waals surface area contributed by atoms with Crippen LogP contribution < -0.4 is 9.64 Å². The first kappa shape index (κ1) is 14.4. The van der Waals surface area contributed by atoms with E-state index in [1.807, 2.05) is 12.1 Å². The van der Waals surface area contributed by atoms with Gasteiger partial charge in [-0.05, 0) is 56.4 Å². The minimum absolute atomic E-state index is 0.367. The van der Waals surface area contributed by atoms with E-state index in [1.165, 1.54) is 48.4 Å². The Bertz CT molecular complexity index is 379. The molecule has 0 saturated carbocycles. The van der Waals surface area contributed by atoms with Gasteiger partial charge < -0.3 is 14.7 Å². The van der Waals surface area contributed by atoms with Crippen LogP contribution in [0.15, 0.2) is 18.2 Å². The van der Waals surface area contributed by atoms with Gasteiger partial charge in [0.05, 0.1) is 13.1 Å². The molecule has 1 fully saturated rings. The fourth-order valence-electron chi connectivity index (χ4n) is 2.86. The van der Waals surface area contributed by atoms with E-state index in [1.54, 1.807) is 0 Å². The van der Waals surface area contributed by atoms with Crippen molar-refractivity contribution in [3.05, 3.63) is 29.3 Å². The summed E-state index contributed by atoms with van der Waals surface area (Å²) in [5, 5.41) is 10.1. The monoisotopic (exact) mass is 264 g/mol. The van der Waals surface area contributed by atoms with E-state index in [-0.39, 0.29) is 6.10 Å². The summed E-state index contributed by atoms with van der Waals surface area (Å²) in [5.74, 6) is 0.866. The van der Waals surface area contributed by atoms with Crippen molar-refractivity contribution in [2.24, 2.45) is 0 Å². The number of likely N-dealkylation sites (tertiary alicyclic amines) is 1. The Balaban J connectivity index is 1.77. The van der Waals surface area contributed by atoms with Crippen LogP contribution in [0.1, 0.15) is 30.4 Å². The maximum atomic E-state index is 10.1. The topological polar surface area (TPSA) is 33.9 Å². The van der Waals surface area contributed by atoms with E-state index < -0.39 is 0 Å². The summed E-state index contributed by atoms with van der Waals surface area (Å²) >= 11 is 0. The molecule has 1 saturated heterocycles. The van der Waals surface area contributed by atoms with Gasteiger partial charge in [-0.1, -0.05) is 6.07 Å². The van der Waals surface area contributed by atoms with E-state index in [4.69, 9.17) is 4.74 Å². The molecule has 3 nitrogen and oxygen atoms in total. The Hall–Kier alpha value is -1.06. The van der Waals surface area contributed by atoms with Crippen LogP contribution in [-0.2, 0) is 0 Å². The van der Waals surface area contributed by atoms with Gasteiger partial charge in [0, 0.05) is 0 Å². The minimum atomic E-state index is -0.367. The van der Waals surface area contributed by atoms with Crippen molar-refractivity contribution in [2.45, 2.75) is 39.2 Å². The Kier molecular flexibility index (Phi) is 5.23. The summed E-state index contributed by atoms with van der Waals surface area (Å²) in [4.78, 5) is 1.52. The molecule has 1 heterocycles. The Morgan fingerprint density at radius 3 is 2.37 bits per heavy atom. The quantitative estimate of drug-likeness (QED) is 0.835. The number of hydrogen-bond acceptors (Lipinski definition) is 2. The maximum Gasteiger partial charge on any atom is 0.137 e. The van der Waals surface area contributed by atoms with Crippen molar-refractivity contribution >= 4 is 0 Å². The first-order valence-electron chi connectivity index (χ1n) is 7.36. The average Bonchev–Trinajstić information content (AvgIpc) is 2.36. The molecule has 2 N–H and O–H groups in total. The number of aliphatic hydroxyl groups is 1. The lowest BCUT2D eigenvalue weighted by Gasteiger charge is -2.25. The number of aryl methyl sites for hydroxylation is 2. The van der Waals surface area contributed by atoms with Gasteiger partial charge in [-0.2, -0.15) is 0 Å². The number of hydrogen-bond donors (Lipinski definition) is 2. The standard InChI is InChI=1S/C16H25NO2/c1-13-8-14(2)10-16(9-13)19-12-15(18)11-17-6-4-3-5-7-17/h8-10,15,18H,3-7,11-12H2,1-2H3/p+1/t15-/m0/s1. The molecule has 3 heteroatoms. The molecule has 0 unspecified atom stereocenters. The average molecular weight is 264 g/mol. The summed E-state index contributed by atoms with van der Waals surface area (Å²) < 4.78 is 5.71. The third kappa shape index (κ3) is 4.84. The summed E-state index contributed by atoms with van der Waals surface area (Å²) in [7, 11) is 0. The van der Waals surface area contributed by atoms with Crippen molar-refractivity contribution in [1.82, 2.24) is 0 Å². The SMILES string of the molecule is Cc1cc(C)cc(OC[C@@H](O)C[NH+]2CCCCC2)c1. The third-order valence-corrected chi connectivity index (χ3v) is 3.72. The van der Waals surface area contributed by atoms with Crippen LogP contribution in [0.3, 0.4) is 0 Å². The molecule has 1 aliphatic heterocycles. The van der Waals surface area contributed by atoms with Crippen LogP contribution in [0.2, 0.25) is 0 Å². The number of quaternary nitrogens is 1. The molecule has 19 heavy (non-hydrogen) atoms. The number of aliphatic hydroxyl groups excluding tert-OH is 1. The van der Waals surface area contributed by atoms with Crippen LogP contribution >= 0.6 is 0 Å². The number of nitrogens with one attached hydrogen (secondary N) is 1. The third-order valence-electron chi connectivity index (χ3n) is 3.72. The zero-order valence-electron chi connectivity index (χ0n) is 12.1. The molecule has 1 aromatic rings. The molecule has 0 spiro atoms. The largest absolute Gasteiger partial charge is 0.491 e. The lowest BCUT2D eigenvalue weighted by Crippen LogP contribution is -3.14. The highest BCUT2D eigenvalue weighted by Crippen LogP contribution is 2.16. The van der Waals surface area contributed by atoms with Gasteiger partial charge in [-0.25, -0.2) is 0 Å². The Labute approximate surface area is 116 Å². The lowest BCUT2D eigenvalue weighted by molar-refractivity contribution is -0.908. The van der Waals surface area contributed by atoms with E-state index in [0.717, 1.165) is 12.3 Å². The molecule has 1 aliphatic rings. The fraction of sp³-hybridized carbons (Fsp3) is 0.625. The first-order chi connectivity index (χ1) is 9.13. The molecular weight excluding hydrogens is 238 g/mol. The highest BCUT2D eigenvalue weighted by atomic mass is 16.5. The summed E-state index contributed by atoms with van der Waals surface area (Å²) in [6.45, 7) is 7.72. The number of rotatable bonds is 5. The predicted molar refractivity (Wildman–Crippen MR) is 76.8 cm³/mol. The van der Waals surface area contributed by atoms with Crippen LogP contribution in [0, 0.1) is 13.8 Å². The van der Waals surface area contributed by atoms with E-state index in [2.05, 4.69) is 19.9 Å². The van der Waals surface area contributed by atoms with Crippen molar-refractivity contribution in [2.75, 3.05) is 26.2 Å². The predicted octanol–water partition coefficient (Wildman–Crippen LogP) is 1.11. The molecule has 1 atom stereocenters. The number of ether oxygens (including phenoxy) is 1. The molecule has 0 radical (unpaired) electrons. The smallest absolute Gasteiger partial charge is 0.137 e. The molecule has 106 valence electrons. The second-order valence-electron chi connectivity index (χ2n) is 5.80. The van der Waals surface area contributed by atoms with Gasteiger partial charge >= 0.3 is 0 Å². The van der Waals surface area contributed by atoms with Crippen molar-refractivity contribution in [3.63, 3.8) is 0 Å². The Morgan fingerprint density at radius 1 is 1.11 bits per heavy atom. The highest BCUT2D eigenvalue weighted by molar-refractivity contribution is 5.32. The van der Waals surface area contributed by atoms with Crippen molar-refractivity contribution in [3.8, 4) is 5.75 Å². The van der Waals surface area contributed by atoms with Gasteiger partial charge in [-0.15, -0.1) is 0 Å². The minimum Gasteiger partial charge on any atom is -0.491 e. The maximum absolute atomic E-state index is 10.1. The molecular formula is C16H26NO2+. The van der Waals surface area contributed by atoms with Crippen LogP contribution in [0.4, 0.5) is 0 Å². The van der Waals surface area contributed by atoms with Crippen LogP contribution in [0.5, 0.6) is 5.75 Å².